The van der Waals surface area contributed by atoms with Crippen molar-refractivity contribution in [2.24, 2.45) is 0 Å². The van der Waals surface area contributed by atoms with Crippen LogP contribution >= 0.6 is 22.7 Å². The molecule has 2 N–H and O–H groups in total. The number of anilines is 1. The van der Waals surface area contributed by atoms with Crippen LogP contribution in [0.1, 0.15) is 23.6 Å². The van der Waals surface area contributed by atoms with Crippen LogP contribution in [0.3, 0.4) is 0 Å². The first kappa shape index (κ1) is 19.5. The number of aryl methyl sites for hydroxylation is 1. The Morgan fingerprint density at radius 2 is 1.96 bits per heavy atom. The molecule has 25 heavy (non-hydrogen) atoms. The lowest BCUT2D eigenvalue weighted by Gasteiger charge is -2.07. The quantitative estimate of drug-likeness (QED) is 0.772. The van der Waals surface area contributed by atoms with Crippen molar-refractivity contribution in [3.63, 3.8) is 0 Å². The van der Waals surface area contributed by atoms with Gasteiger partial charge in [0.2, 0.25) is 11.8 Å². The molecule has 0 radical (unpaired) electrons. The number of aromatic nitrogens is 1. The van der Waals surface area contributed by atoms with Crippen molar-refractivity contribution < 1.29 is 18.0 Å². The summed E-state index contributed by atoms with van der Waals surface area (Å²) in [5.74, 6) is -0.690. The number of nitrogens with zero attached hydrogens (tertiary/aromatic N) is 1. The van der Waals surface area contributed by atoms with Crippen LogP contribution < -0.4 is 10.6 Å². The fraction of sp³-hybridized carbons (Fsp3) is 0.400. The Morgan fingerprint density at radius 1 is 1.28 bits per heavy atom. The van der Waals surface area contributed by atoms with E-state index in [0.29, 0.717) is 11.7 Å². The monoisotopic (exact) mass is 401 g/mol. The van der Waals surface area contributed by atoms with Crippen LogP contribution in [0.4, 0.5) is 5.13 Å². The topological polar surface area (TPSA) is 105 Å². The fourth-order valence-corrected chi connectivity index (χ4v) is 4.23. The number of thiophene rings is 1. The van der Waals surface area contributed by atoms with Crippen molar-refractivity contribution >= 4 is 49.5 Å². The second-order valence-electron chi connectivity index (χ2n) is 5.56. The Hall–Kier alpha value is -1.78. The zero-order valence-electron chi connectivity index (χ0n) is 14.2. The van der Waals surface area contributed by atoms with Gasteiger partial charge in [-0.2, -0.15) is 0 Å². The van der Waals surface area contributed by atoms with Gasteiger partial charge in [-0.15, -0.1) is 22.7 Å². The minimum atomic E-state index is -3.46. The molecule has 0 aromatic carbocycles. The van der Waals surface area contributed by atoms with Gasteiger partial charge in [-0.25, -0.2) is 13.4 Å². The summed E-state index contributed by atoms with van der Waals surface area (Å²) in [5, 5.41) is 4.53. The maximum absolute atomic E-state index is 12.0. The predicted molar refractivity (Wildman–Crippen MR) is 101 cm³/mol. The van der Waals surface area contributed by atoms with Gasteiger partial charge in [0.1, 0.15) is 5.25 Å². The lowest BCUT2D eigenvalue weighted by Crippen LogP contribution is -2.31. The Morgan fingerprint density at radius 3 is 2.56 bits per heavy atom. The lowest BCUT2D eigenvalue weighted by molar-refractivity contribution is -0.119. The molecule has 0 spiro atoms. The fourth-order valence-electron chi connectivity index (χ4n) is 1.89. The number of thiazole rings is 1. The van der Waals surface area contributed by atoms with E-state index in [1.54, 1.807) is 0 Å². The zero-order valence-corrected chi connectivity index (χ0v) is 16.7. The van der Waals surface area contributed by atoms with Gasteiger partial charge in [-0.3, -0.25) is 9.59 Å². The third-order valence-electron chi connectivity index (χ3n) is 3.44. The first-order valence-electron chi connectivity index (χ1n) is 7.38. The number of hydrogen-bond acceptors (Lipinski definition) is 7. The normalized spacial score (nSPS) is 12.6. The van der Waals surface area contributed by atoms with Crippen LogP contribution in [0.5, 0.6) is 0 Å². The molecule has 1 unspecified atom stereocenters. The van der Waals surface area contributed by atoms with E-state index in [-0.39, 0.29) is 5.91 Å². The highest BCUT2D eigenvalue weighted by Crippen LogP contribution is 2.34. The van der Waals surface area contributed by atoms with E-state index in [1.807, 2.05) is 19.1 Å². The molecule has 136 valence electrons. The van der Waals surface area contributed by atoms with E-state index in [4.69, 9.17) is 0 Å². The van der Waals surface area contributed by atoms with Crippen molar-refractivity contribution in [3.05, 3.63) is 21.9 Å². The zero-order chi connectivity index (χ0) is 18.8. The van der Waals surface area contributed by atoms with Gasteiger partial charge in [0.25, 0.3) is 0 Å². The molecular formula is C15H19N3O4S3. The first-order chi connectivity index (χ1) is 11.6. The third kappa shape index (κ3) is 5.10. The standard InChI is InChI=1S/C15H19N3O4S3/c1-8-13(12-6-5-11(24-12)7-16-10(3)19)17-15(23-8)18-14(20)9(2)25(4,21)22/h5-6,9H,7H2,1-4H3,(H,16,19)(H,17,18,20). The summed E-state index contributed by atoms with van der Waals surface area (Å²) in [6.45, 7) is 5.15. The molecule has 0 saturated heterocycles. The second kappa shape index (κ2) is 7.63. The maximum atomic E-state index is 12.0. The molecule has 2 heterocycles. The average molecular weight is 402 g/mol. The number of carbonyl (C=O) groups is 2. The van der Waals surface area contributed by atoms with Crippen molar-refractivity contribution in [3.8, 4) is 10.6 Å². The molecular weight excluding hydrogens is 382 g/mol. The van der Waals surface area contributed by atoms with E-state index in [9.17, 15) is 18.0 Å². The van der Waals surface area contributed by atoms with E-state index in [1.165, 1.54) is 36.5 Å². The molecule has 0 aliphatic heterocycles. The van der Waals surface area contributed by atoms with E-state index in [2.05, 4.69) is 15.6 Å². The molecule has 0 aliphatic rings. The van der Waals surface area contributed by atoms with Gasteiger partial charge in [0.15, 0.2) is 15.0 Å². The SMILES string of the molecule is CC(=O)NCc1ccc(-c2nc(NC(=O)C(C)S(C)(=O)=O)sc2C)s1. The van der Waals surface area contributed by atoms with Crippen LogP contribution in [0.2, 0.25) is 0 Å². The highest BCUT2D eigenvalue weighted by molar-refractivity contribution is 7.92. The van der Waals surface area contributed by atoms with Gasteiger partial charge >= 0.3 is 0 Å². The minimum Gasteiger partial charge on any atom is -0.351 e. The molecule has 2 rings (SSSR count). The summed E-state index contributed by atoms with van der Waals surface area (Å²) < 4.78 is 22.9. The van der Waals surface area contributed by atoms with E-state index in [0.717, 1.165) is 26.6 Å². The summed E-state index contributed by atoms with van der Waals surface area (Å²) in [6, 6.07) is 3.83. The van der Waals surface area contributed by atoms with Gasteiger partial charge in [0, 0.05) is 22.9 Å². The number of sulfone groups is 1. The van der Waals surface area contributed by atoms with E-state index >= 15 is 0 Å². The van der Waals surface area contributed by atoms with Crippen LogP contribution in [0.15, 0.2) is 12.1 Å². The van der Waals surface area contributed by atoms with Gasteiger partial charge in [0.05, 0.1) is 17.1 Å². The number of amides is 2. The molecule has 0 saturated carbocycles. The molecule has 2 aromatic rings. The maximum Gasteiger partial charge on any atom is 0.244 e. The molecule has 1 atom stereocenters. The predicted octanol–water partition coefficient (Wildman–Crippen LogP) is 2.19. The summed E-state index contributed by atoms with van der Waals surface area (Å²) >= 11 is 2.80. The molecule has 0 aliphatic carbocycles. The number of nitrogens with one attached hydrogen (secondary N) is 2. The van der Waals surface area contributed by atoms with Gasteiger partial charge < -0.3 is 10.6 Å². The lowest BCUT2D eigenvalue weighted by atomic mass is 10.3. The van der Waals surface area contributed by atoms with E-state index < -0.39 is 21.0 Å². The number of rotatable bonds is 6. The van der Waals surface area contributed by atoms with Gasteiger partial charge in [-0.05, 0) is 26.0 Å². The van der Waals surface area contributed by atoms with Crippen molar-refractivity contribution in [2.45, 2.75) is 32.6 Å². The Labute approximate surface area is 154 Å². The summed E-state index contributed by atoms with van der Waals surface area (Å²) in [5.41, 5.74) is 0.742. The van der Waals surface area contributed by atoms with Crippen LogP contribution in [-0.2, 0) is 26.0 Å². The Kier molecular flexibility index (Phi) is 5.96. The number of carbonyl (C=O) groups excluding carboxylic acids is 2. The molecule has 0 bridgehead atoms. The highest BCUT2D eigenvalue weighted by Gasteiger charge is 2.25. The Bertz CT molecular complexity index is 899. The molecule has 2 amide bonds. The van der Waals surface area contributed by atoms with Crippen molar-refractivity contribution in [2.75, 3.05) is 11.6 Å². The summed E-state index contributed by atoms with van der Waals surface area (Å²) in [6.07, 6.45) is 1.03. The molecule has 2 aromatic heterocycles. The highest BCUT2D eigenvalue weighted by atomic mass is 32.2. The molecule has 0 fully saturated rings. The number of hydrogen-bond donors (Lipinski definition) is 2. The Balaban J connectivity index is 2.15. The van der Waals surface area contributed by atoms with Gasteiger partial charge in [-0.1, -0.05) is 0 Å². The molecule has 7 nitrogen and oxygen atoms in total. The van der Waals surface area contributed by atoms with Crippen LogP contribution in [0, 0.1) is 6.92 Å². The summed E-state index contributed by atoms with van der Waals surface area (Å²) in [4.78, 5) is 30.2. The van der Waals surface area contributed by atoms with Crippen LogP contribution in [-0.4, -0.2) is 36.7 Å². The second-order valence-corrected chi connectivity index (χ2v) is 10.3. The largest absolute Gasteiger partial charge is 0.351 e. The summed E-state index contributed by atoms with van der Waals surface area (Å²) in [7, 11) is -3.46. The first-order valence-corrected chi connectivity index (χ1v) is 11.0. The smallest absolute Gasteiger partial charge is 0.244 e. The third-order valence-corrected chi connectivity index (χ3v) is 6.92. The minimum absolute atomic E-state index is 0.0928. The van der Waals surface area contributed by atoms with Crippen molar-refractivity contribution in [1.29, 1.82) is 0 Å². The van der Waals surface area contributed by atoms with Crippen LogP contribution in [0.25, 0.3) is 10.6 Å². The average Bonchev–Trinajstić information content (AvgIpc) is 3.09. The van der Waals surface area contributed by atoms with Crippen molar-refractivity contribution in [1.82, 2.24) is 10.3 Å². The molecule has 10 heteroatoms.